The summed E-state index contributed by atoms with van der Waals surface area (Å²) in [7, 11) is -3.75. The molecule has 0 spiro atoms. The van der Waals surface area contributed by atoms with Crippen molar-refractivity contribution in [3.05, 3.63) is 95.1 Å². The Morgan fingerprint density at radius 1 is 0.908 bits per heavy atom. The zero-order chi connectivity index (χ0) is 46.0. The number of carbonyl (C=O) groups excluding carboxylic acids is 3. The van der Waals surface area contributed by atoms with Crippen LogP contribution in [-0.2, 0) is 29.8 Å². The van der Waals surface area contributed by atoms with E-state index >= 15 is 8.78 Å². The maximum atomic E-state index is 16.1. The fourth-order valence-corrected chi connectivity index (χ4v) is 10.8. The first kappa shape index (κ1) is 45.6. The van der Waals surface area contributed by atoms with Gasteiger partial charge in [0.1, 0.15) is 5.82 Å². The van der Waals surface area contributed by atoms with Crippen LogP contribution in [0.4, 0.5) is 37.5 Å². The molecule has 342 valence electrons. The van der Waals surface area contributed by atoms with Crippen molar-refractivity contribution in [2.75, 3.05) is 64.9 Å². The number of rotatable bonds is 12. The number of piperazine rings is 1. The van der Waals surface area contributed by atoms with E-state index in [0.29, 0.717) is 73.1 Å². The molecule has 14 nitrogen and oxygen atoms in total. The van der Waals surface area contributed by atoms with E-state index in [1.165, 1.54) is 23.5 Å². The van der Waals surface area contributed by atoms with Crippen molar-refractivity contribution < 1.29 is 31.6 Å². The second-order valence-electron chi connectivity index (χ2n) is 17.8. The van der Waals surface area contributed by atoms with Gasteiger partial charge in [-0.05, 0) is 79.8 Å². The Kier molecular flexibility index (Phi) is 13.2. The average Bonchev–Trinajstić information content (AvgIpc) is 3.74. The third kappa shape index (κ3) is 10.3. The van der Waals surface area contributed by atoms with E-state index in [2.05, 4.69) is 25.2 Å². The van der Waals surface area contributed by atoms with Gasteiger partial charge in [0.2, 0.25) is 33.7 Å². The SMILES string of the molecule is CCCS(=O)(=O)Nc1cccc(-c2nc(C(C)(C)C)sc2-c2ccnc(Nc3ccc(N4CCN(C(=O)C5CCN(c6ccc([C@H]7CCC(=O)NC7=O)cc6)CC5)CC4)c(F)c3)n2)c1F. The minimum absolute atomic E-state index is 0.0855. The van der Waals surface area contributed by atoms with Crippen LogP contribution in [0.15, 0.2) is 72.9 Å². The molecule has 2 aromatic heterocycles. The quantitative estimate of drug-likeness (QED) is 0.104. The van der Waals surface area contributed by atoms with Crippen LogP contribution in [0.3, 0.4) is 0 Å². The lowest BCUT2D eigenvalue weighted by atomic mass is 9.90. The number of aromatic nitrogens is 3. The minimum atomic E-state index is -3.75. The normalized spacial score (nSPS) is 17.6. The van der Waals surface area contributed by atoms with Gasteiger partial charge in [0.05, 0.1) is 44.3 Å². The maximum absolute atomic E-state index is 16.1. The van der Waals surface area contributed by atoms with Crippen molar-refractivity contribution in [3.8, 4) is 21.8 Å². The lowest BCUT2D eigenvalue weighted by Crippen LogP contribution is -2.52. The number of sulfonamides is 1. The summed E-state index contributed by atoms with van der Waals surface area (Å²) in [6, 6.07) is 19.0. The summed E-state index contributed by atoms with van der Waals surface area (Å²) in [6.45, 7) is 11.1. The van der Waals surface area contributed by atoms with E-state index in [4.69, 9.17) is 9.97 Å². The molecule has 3 N–H and O–H groups in total. The summed E-state index contributed by atoms with van der Waals surface area (Å²) in [6.07, 6.45) is 4.23. The third-order valence-electron chi connectivity index (χ3n) is 12.0. The smallest absolute Gasteiger partial charge is 0.234 e. The Bertz CT molecular complexity index is 2690. The van der Waals surface area contributed by atoms with Crippen molar-refractivity contribution >= 4 is 67.8 Å². The van der Waals surface area contributed by atoms with E-state index < -0.39 is 21.7 Å². The zero-order valence-corrected chi connectivity index (χ0v) is 38.5. The van der Waals surface area contributed by atoms with Gasteiger partial charge in [-0.25, -0.2) is 32.2 Å². The fraction of sp³-hybridized carbons (Fsp3) is 0.404. The van der Waals surface area contributed by atoms with E-state index in [1.54, 1.807) is 43.5 Å². The summed E-state index contributed by atoms with van der Waals surface area (Å²) in [4.78, 5) is 58.1. The average molecular weight is 926 g/mol. The Morgan fingerprint density at radius 3 is 2.32 bits per heavy atom. The molecule has 3 aliphatic heterocycles. The van der Waals surface area contributed by atoms with Gasteiger partial charge in [-0.3, -0.25) is 24.4 Å². The fourth-order valence-electron chi connectivity index (χ4n) is 8.53. The highest BCUT2D eigenvalue weighted by Gasteiger charge is 2.33. The summed E-state index contributed by atoms with van der Waals surface area (Å²) in [5.41, 5.74) is 3.12. The molecule has 0 radical (unpaired) electrons. The molecule has 3 aromatic carbocycles. The molecular formula is C47H53F2N9O5S2. The summed E-state index contributed by atoms with van der Waals surface area (Å²) in [5, 5.41) is 6.25. The van der Waals surface area contributed by atoms with Crippen LogP contribution in [0.2, 0.25) is 0 Å². The molecule has 5 aromatic rings. The minimum Gasteiger partial charge on any atom is -0.371 e. The highest BCUT2D eigenvalue weighted by molar-refractivity contribution is 7.92. The Morgan fingerprint density at radius 2 is 1.65 bits per heavy atom. The number of halogens is 2. The molecule has 0 saturated carbocycles. The van der Waals surface area contributed by atoms with Crippen molar-refractivity contribution in [1.82, 2.24) is 25.2 Å². The summed E-state index contributed by atoms with van der Waals surface area (Å²) >= 11 is 1.36. The van der Waals surface area contributed by atoms with E-state index in [-0.39, 0.29) is 57.9 Å². The topological polar surface area (TPSA) is 170 Å². The van der Waals surface area contributed by atoms with Crippen LogP contribution >= 0.6 is 11.3 Å². The number of hydrogen-bond donors (Lipinski definition) is 3. The second-order valence-corrected chi connectivity index (χ2v) is 20.6. The van der Waals surface area contributed by atoms with Gasteiger partial charge < -0.3 is 20.0 Å². The number of thiazole rings is 1. The van der Waals surface area contributed by atoms with Crippen molar-refractivity contribution in [1.29, 1.82) is 0 Å². The molecule has 1 atom stereocenters. The maximum Gasteiger partial charge on any atom is 0.234 e. The number of imide groups is 1. The molecule has 3 amide bonds. The summed E-state index contributed by atoms with van der Waals surface area (Å²) < 4.78 is 59.3. The van der Waals surface area contributed by atoms with Crippen LogP contribution < -0.4 is 25.2 Å². The first-order valence-electron chi connectivity index (χ1n) is 22.0. The predicted octanol–water partition coefficient (Wildman–Crippen LogP) is 7.82. The van der Waals surface area contributed by atoms with E-state index in [0.717, 1.165) is 42.2 Å². The predicted molar refractivity (Wildman–Crippen MR) is 250 cm³/mol. The number of piperidine rings is 2. The number of benzene rings is 3. The Hall–Kier alpha value is -6.01. The lowest BCUT2D eigenvalue weighted by Gasteiger charge is -2.40. The van der Waals surface area contributed by atoms with Crippen LogP contribution in [0.1, 0.15) is 76.3 Å². The second kappa shape index (κ2) is 18.8. The molecule has 3 saturated heterocycles. The number of anilines is 5. The monoisotopic (exact) mass is 925 g/mol. The van der Waals surface area contributed by atoms with Crippen molar-refractivity contribution in [2.45, 2.75) is 71.1 Å². The van der Waals surface area contributed by atoms with Crippen molar-refractivity contribution in [3.63, 3.8) is 0 Å². The number of nitrogens with zero attached hydrogens (tertiary/aromatic N) is 6. The molecule has 0 unspecified atom stereocenters. The van der Waals surface area contributed by atoms with E-state index in [1.807, 2.05) is 54.8 Å². The molecule has 8 rings (SSSR count). The molecule has 0 bridgehead atoms. The molecule has 65 heavy (non-hydrogen) atoms. The molecule has 3 aliphatic rings. The first-order valence-corrected chi connectivity index (χ1v) is 24.5. The Balaban J connectivity index is 0.882. The van der Waals surface area contributed by atoms with Gasteiger partial charge in [-0.1, -0.05) is 45.9 Å². The van der Waals surface area contributed by atoms with Crippen LogP contribution in [0.25, 0.3) is 21.8 Å². The number of amides is 3. The first-order chi connectivity index (χ1) is 31.1. The summed E-state index contributed by atoms with van der Waals surface area (Å²) in [5.74, 6) is -1.90. The van der Waals surface area contributed by atoms with Gasteiger partial charge in [-0.15, -0.1) is 11.3 Å². The largest absolute Gasteiger partial charge is 0.371 e. The molecule has 5 heterocycles. The standard InChI is InChI=1S/C47H53F2N9O5S2/c1-5-27-65(62,63)55-36-8-6-7-34(40(36)49)41-42(64-45(54-41)47(2,3)4)37-17-20-50-46(52-37)51-31-11-15-38(35(48)28-31)57-23-25-58(26-24-57)44(61)30-18-21-56(22-19-30)32-12-9-29(10-13-32)33-14-16-39(59)53-43(33)60/h6-13,15,17,20,28,30,33,55H,5,14,16,18-19,21-27H2,1-4H3,(H,50,51,52)(H,53,59,60)/t33-/m1/s1. The molecule has 0 aliphatic carbocycles. The molecule has 18 heteroatoms. The van der Waals surface area contributed by atoms with Crippen LogP contribution in [0.5, 0.6) is 0 Å². The van der Waals surface area contributed by atoms with Gasteiger partial charge >= 0.3 is 0 Å². The molecule has 3 fully saturated rings. The highest BCUT2D eigenvalue weighted by Crippen LogP contribution is 2.42. The number of hydrogen-bond acceptors (Lipinski definition) is 12. The van der Waals surface area contributed by atoms with Gasteiger partial charge in [0.25, 0.3) is 0 Å². The third-order valence-corrected chi connectivity index (χ3v) is 15.0. The number of nitrogens with one attached hydrogen (secondary N) is 3. The zero-order valence-electron chi connectivity index (χ0n) is 36.9. The highest BCUT2D eigenvalue weighted by atomic mass is 32.2. The van der Waals surface area contributed by atoms with E-state index in [9.17, 15) is 22.8 Å². The van der Waals surface area contributed by atoms with Crippen molar-refractivity contribution in [2.24, 2.45) is 5.92 Å². The van der Waals surface area contributed by atoms with Gasteiger partial charge in [0, 0.05) is 80.2 Å². The number of carbonyl (C=O) groups is 3. The Labute approximate surface area is 381 Å². The molecular weight excluding hydrogens is 873 g/mol. The van der Waals surface area contributed by atoms with Crippen LogP contribution in [-0.4, -0.2) is 91.0 Å². The van der Waals surface area contributed by atoms with Gasteiger partial charge in [0.15, 0.2) is 5.82 Å². The lowest BCUT2D eigenvalue weighted by molar-refractivity contribution is -0.136. The van der Waals surface area contributed by atoms with Crippen LogP contribution in [0, 0.1) is 17.6 Å². The van der Waals surface area contributed by atoms with Gasteiger partial charge in [-0.2, -0.15) is 0 Å².